The Morgan fingerprint density at radius 3 is 2.86 bits per heavy atom. The van der Waals surface area contributed by atoms with Gasteiger partial charge in [-0.05, 0) is 17.5 Å². The Hall–Kier alpha value is -2.03. The molecule has 68 valence electrons. The highest BCUT2D eigenvalue weighted by atomic mass is 14.9. The number of rotatable bonds is 1. The standard InChI is InChI=1S/C11H9N3/c1-2-9(11-13-5-6-14-11)7-10-8(1)3-4-12-10/h1-7,12H,(H,13,14). The number of aromatic amines is 2. The molecule has 1 aromatic carbocycles. The summed E-state index contributed by atoms with van der Waals surface area (Å²) in [6.45, 7) is 0. The fraction of sp³-hybridized carbons (Fsp3) is 0. The minimum atomic E-state index is 0.904. The fourth-order valence-electron chi connectivity index (χ4n) is 1.62. The molecule has 3 nitrogen and oxygen atoms in total. The maximum atomic E-state index is 4.21. The van der Waals surface area contributed by atoms with E-state index < -0.39 is 0 Å². The van der Waals surface area contributed by atoms with Gasteiger partial charge in [-0.1, -0.05) is 12.1 Å². The van der Waals surface area contributed by atoms with Gasteiger partial charge in [-0.25, -0.2) is 4.98 Å². The van der Waals surface area contributed by atoms with Crippen LogP contribution in [0.4, 0.5) is 0 Å². The van der Waals surface area contributed by atoms with Gasteiger partial charge in [-0.15, -0.1) is 0 Å². The van der Waals surface area contributed by atoms with Crippen molar-refractivity contribution >= 4 is 10.9 Å². The first kappa shape index (κ1) is 7.38. The van der Waals surface area contributed by atoms with Crippen molar-refractivity contribution in [3.63, 3.8) is 0 Å². The Kier molecular flexibility index (Phi) is 1.44. The van der Waals surface area contributed by atoms with Crippen molar-refractivity contribution in [3.05, 3.63) is 42.9 Å². The Morgan fingerprint density at radius 2 is 2.00 bits per heavy atom. The highest BCUT2D eigenvalue weighted by Gasteiger charge is 2.00. The molecule has 0 amide bonds. The summed E-state index contributed by atoms with van der Waals surface area (Å²) in [6.07, 6.45) is 5.53. The van der Waals surface area contributed by atoms with E-state index in [0.717, 1.165) is 16.9 Å². The average Bonchev–Trinajstić information content (AvgIpc) is 2.88. The second-order valence-corrected chi connectivity index (χ2v) is 3.22. The first-order valence-electron chi connectivity index (χ1n) is 4.50. The molecule has 0 spiro atoms. The molecule has 0 unspecified atom stereocenters. The van der Waals surface area contributed by atoms with Crippen molar-refractivity contribution in [1.82, 2.24) is 15.0 Å². The van der Waals surface area contributed by atoms with Gasteiger partial charge < -0.3 is 9.97 Å². The van der Waals surface area contributed by atoms with Crippen LogP contribution in [0.5, 0.6) is 0 Å². The molecule has 0 aliphatic heterocycles. The van der Waals surface area contributed by atoms with E-state index in [0.29, 0.717) is 0 Å². The summed E-state index contributed by atoms with van der Waals surface area (Å²) in [5.41, 5.74) is 2.24. The molecule has 3 heteroatoms. The van der Waals surface area contributed by atoms with Crippen molar-refractivity contribution in [1.29, 1.82) is 0 Å². The number of benzene rings is 1. The molecular weight excluding hydrogens is 174 g/mol. The third-order valence-electron chi connectivity index (χ3n) is 2.33. The van der Waals surface area contributed by atoms with E-state index in [1.165, 1.54) is 5.39 Å². The highest BCUT2D eigenvalue weighted by Crippen LogP contribution is 2.20. The van der Waals surface area contributed by atoms with Gasteiger partial charge in [-0.2, -0.15) is 0 Å². The lowest BCUT2D eigenvalue weighted by atomic mass is 10.1. The number of nitrogens with one attached hydrogen (secondary N) is 2. The monoisotopic (exact) mass is 183 g/mol. The van der Waals surface area contributed by atoms with E-state index in [1.807, 2.05) is 12.4 Å². The van der Waals surface area contributed by atoms with Crippen LogP contribution in [0.2, 0.25) is 0 Å². The van der Waals surface area contributed by atoms with Crippen LogP contribution >= 0.6 is 0 Å². The minimum absolute atomic E-state index is 0.904. The predicted octanol–water partition coefficient (Wildman–Crippen LogP) is 2.56. The lowest BCUT2D eigenvalue weighted by molar-refractivity contribution is 1.31. The molecule has 0 aliphatic rings. The van der Waals surface area contributed by atoms with Crippen LogP contribution < -0.4 is 0 Å². The van der Waals surface area contributed by atoms with E-state index in [4.69, 9.17) is 0 Å². The second-order valence-electron chi connectivity index (χ2n) is 3.22. The van der Waals surface area contributed by atoms with Crippen LogP contribution in [0.3, 0.4) is 0 Å². The van der Waals surface area contributed by atoms with Crippen LogP contribution in [0.1, 0.15) is 0 Å². The number of H-pyrrole nitrogens is 2. The number of hydrogen-bond donors (Lipinski definition) is 2. The maximum absolute atomic E-state index is 4.21. The van der Waals surface area contributed by atoms with Gasteiger partial charge in [0.05, 0.1) is 0 Å². The van der Waals surface area contributed by atoms with E-state index >= 15 is 0 Å². The number of aromatic nitrogens is 3. The Bertz CT molecular complexity index is 549. The van der Waals surface area contributed by atoms with Crippen molar-refractivity contribution in [3.8, 4) is 11.4 Å². The van der Waals surface area contributed by atoms with Crippen LogP contribution in [0.15, 0.2) is 42.9 Å². The summed E-state index contributed by atoms with van der Waals surface area (Å²) in [5, 5.41) is 1.22. The summed E-state index contributed by atoms with van der Waals surface area (Å²) >= 11 is 0. The van der Waals surface area contributed by atoms with Crippen molar-refractivity contribution in [2.75, 3.05) is 0 Å². The van der Waals surface area contributed by atoms with Gasteiger partial charge in [0.2, 0.25) is 0 Å². The highest BCUT2D eigenvalue weighted by molar-refractivity contribution is 5.83. The van der Waals surface area contributed by atoms with Crippen LogP contribution in [-0.2, 0) is 0 Å². The smallest absolute Gasteiger partial charge is 0.137 e. The largest absolute Gasteiger partial charge is 0.361 e. The van der Waals surface area contributed by atoms with Gasteiger partial charge in [0, 0.05) is 29.7 Å². The van der Waals surface area contributed by atoms with E-state index in [1.54, 1.807) is 6.20 Å². The molecule has 0 radical (unpaired) electrons. The minimum Gasteiger partial charge on any atom is -0.361 e. The fourth-order valence-corrected chi connectivity index (χ4v) is 1.62. The molecule has 3 aromatic rings. The molecule has 2 N–H and O–H groups in total. The van der Waals surface area contributed by atoms with Crippen molar-refractivity contribution < 1.29 is 0 Å². The molecule has 3 rings (SSSR count). The third-order valence-corrected chi connectivity index (χ3v) is 2.33. The Morgan fingerprint density at radius 1 is 1.00 bits per heavy atom. The topological polar surface area (TPSA) is 44.5 Å². The van der Waals surface area contributed by atoms with Gasteiger partial charge in [0.1, 0.15) is 5.82 Å². The molecule has 2 heterocycles. The molecule has 0 atom stereocenters. The first-order valence-corrected chi connectivity index (χ1v) is 4.50. The van der Waals surface area contributed by atoms with E-state index in [9.17, 15) is 0 Å². The zero-order chi connectivity index (χ0) is 9.38. The summed E-state index contributed by atoms with van der Waals surface area (Å²) in [5.74, 6) is 0.904. The molecule has 0 saturated heterocycles. The SMILES string of the molecule is c1c[nH]c(-c2ccc3cc[nH]c3c2)n1. The summed E-state index contributed by atoms with van der Waals surface area (Å²) in [7, 11) is 0. The van der Waals surface area contributed by atoms with Crippen LogP contribution in [-0.4, -0.2) is 15.0 Å². The lowest BCUT2D eigenvalue weighted by Gasteiger charge is -1.96. The van der Waals surface area contributed by atoms with E-state index in [2.05, 4.69) is 39.2 Å². The van der Waals surface area contributed by atoms with Crippen LogP contribution in [0.25, 0.3) is 22.3 Å². The molecule has 2 aromatic heterocycles. The summed E-state index contributed by atoms with van der Waals surface area (Å²) in [4.78, 5) is 10.5. The third kappa shape index (κ3) is 1.03. The normalized spacial score (nSPS) is 10.9. The molecule has 0 saturated carbocycles. The number of hydrogen-bond acceptors (Lipinski definition) is 1. The van der Waals surface area contributed by atoms with Gasteiger partial charge in [0.15, 0.2) is 0 Å². The molecule has 0 bridgehead atoms. The van der Waals surface area contributed by atoms with Gasteiger partial charge >= 0.3 is 0 Å². The average molecular weight is 183 g/mol. The lowest BCUT2D eigenvalue weighted by Crippen LogP contribution is -1.79. The summed E-state index contributed by atoms with van der Waals surface area (Å²) < 4.78 is 0. The van der Waals surface area contributed by atoms with E-state index in [-0.39, 0.29) is 0 Å². The molecule has 0 aliphatic carbocycles. The Labute approximate surface area is 80.8 Å². The Balaban J connectivity index is 2.23. The van der Waals surface area contributed by atoms with Crippen molar-refractivity contribution in [2.24, 2.45) is 0 Å². The first-order chi connectivity index (χ1) is 6.93. The zero-order valence-corrected chi connectivity index (χ0v) is 7.49. The van der Waals surface area contributed by atoms with Gasteiger partial charge in [0.25, 0.3) is 0 Å². The molecule has 0 fully saturated rings. The zero-order valence-electron chi connectivity index (χ0n) is 7.49. The summed E-state index contributed by atoms with van der Waals surface area (Å²) in [6, 6.07) is 8.30. The number of fused-ring (bicyclic) bond motifs is 1. The maximum Gasteiger partial charge on any atom is 0.137 e. The molecule has 14 heavy (non-hydrogen) atoms. The quantitative estimate of drug-likeness (QED) is 0.598. The van der Waals surface area contributed by atoms with Gasteiger partial charge in [-0.3, -0.25) is 0 Å². The molecular formula is C11H9N3. The second kappa shape index (κ2) is 2.73. The van der Waals surface area contributed by atoms with Crippen molar-refractivity contribution in [2.45, 2.75) is 0 Å². The predicted molar refractivity (Wildman–Crippen MR) is 55.9 cm³/mol. The number of nitrogens with zero attached hydrogens (tertiary/aromatic N) is 1. The van der Waals surface area contributed by atoms with Crippen LogP contribution in [0, 0.1) is 0 Å². The number of imidazole rings is 1.